The van der Waals surface area contributed by atoms with Gasteiger partial charge in [0.2, 0.25) is 11.8 Å². The molecule has 1 aromatic carbocycles. The van der Waals surface area contributed by atoms with Gasteiger partial charge in [0, 0.05) is 30.6 Å². The largest absolute Gasteiger partial charge is 0.352 e. The highest BCUT2D eigenvalue weighted by atomic mass is 16.2. The maximum absolute atomic E-state index is 12.7. The number of nitrogens with zero attached hydrogens (tertiary/aromatic N) is 1. The Bertz CT molecular complexity index is 677. The van der Waals surface area contributed by atoms with Crippen LogP contribution in [0.5, 0.6) is 0 Å². The van der Waals surface area contributed by atoms with Crippen LogP contribution < -0.4 is 10.6 Å². The number of rotatable bonds is 6. The van der Waals surface area contributed by atoms with Crippen LogP contribution in [0.4, 0.5) is 0 Å². The average molecular weight is 371 g/mol. The molecule has 1 heterocycles. The van der Waals surface area contributed by atoms with Gasteiger partial charge in [-0.05, 0) is 57.6 Å². The van der Waals surface area contributed by atoms with E-state index in [2.05, 4.69) is 10.6 Å². The summed E-state index contributed by atoms with van der Waals surface area (Å²) in [6.07, 6.45) is 3.46. The third-order valence-electron chi connectivity index (χ3n) is 5.29. The Labute approximate surface area is 160 Å². The molecule has 0 bridgehead atoms. The number of nitrogens with one attached hydrogen (secondary N) is 2. The molecule has 1 aromatic rings. The van der Waals surface area contributed by atoms with Gasteiger partial charge in [-0.15, -0.1) is 0 Å². The van der Waals surface area contributed by atoms with Gasteiger partial charge >= 0.3 is 0 Å². The van der Waals surface area contributed by atoms with E-state index in [0.717, 1.165) is 25.7 Å². The van der Waals surface area contributed by atoms with E-state index in [-0.39, 0.29) is 35.6 Å². The molecule has 0 aromatic heterocycles. The van der Waals surface area contributed by atoms with E-state index in [1.165, 1.54) is 0 Å². The second kappa shape index (κ2) is 8.55. The van der Waals surface area contributed by atoms with Crippen molar-refractivity contribution in [1.82, 2.24) is 15.5 Å². The molecule has 6 nitrogen and oxygen atoms in total. The van der Waals surface area contributed by atoms with Crippen molar-refractivity contribution >= 4 is 17.7 Å². The Morgan fingerprint density at radius 1 is 0.963 bits per heavy atom. The zero-order valence-corrected chi connectivity index (χ0v) is 16.1. The molecule has 3 amide bonds. The van der Waals surface area contributed by atoms with Crippen molar-refractivity contribution in [3.05, 3.63) is 35.9 Å². The molecular weight excluding hydrogens is 342 g/mol. The summed E-state index contributed by atoms with van der Waals surface area (Å²) < 4.78 is 0. The number of carbonyl (C=O) groups is 3. The van der Waals surface area contributed by atoms with Crippen molar-refractivity contribution in [3.8, 4) is 0 Å². The highest BCUT2D eigenvalue weighted by molar-refractivity contribution is 5.97. The molecule has 1 aliphatic heterocycles. The molecule has 1 saturated carbocycles. The predicted molar refractivity (Wildman–Crippen MR) is 103 cm³/mol. The lowest BCUT2D eigenvalue weighted by molar-refractivity contribution is -0.134. The first-order valence-electron chi connectivity index (χ1n) is 9.90. The summed E-state index contributed by atoms with van der Waals surface area (Å²) in [6.45, 7) is 5.13. The number of benzene rings is 1. The highest BCUT2D eigenvalue weighted by Gasteiger charge is 2.38. The lowest BCUT2D eigenvalue weighted by atomic mass is 9.88. The second-order valence-corrected chi connectivity index (χ2v) is 7.92. The van der Waals surface area contributed by atoms with Gasteiger partial charge in [0.1, 0.15) is 6.04 Å². The number of amides is 3. The molecule has 1 atom stereocenters. The van der Waals surface area contributed by atoms with Gasteiger partial charge in [-0.2, -0.15) is 0 Å². The summed E-state index contributed by atoms with van der Waals surface area (Å²) in [5, 5.41) is 5.86. The van der Waals surface area contributed by atoms with Gasteiger partial charge in [0.15, 0.2) is 0 Å². The van der Waals surface area contributed by atoms with Crippen molar-refractivity contribution in [2.24, 2.45) is 11.8 Å². The normalized spacial score (nSPS) is 18.9. The standard InChI is InChI=1S/C21H29N3O3/c1-14(2)22-20(26)18(23-19(25)16-6-4-3-5-7-16)15-10-12-24(13-11-15)21(27)17-8-9-17/h3-7,14-15,17-18H,8-13H2,1-2H3,(H,22,26)(H,23,25)/t18-/m0/s1. The van der Waals surface area contributed by atoms with Crippen LogP contribution in [0.2, 0.25) is 0 Å². The van der Waals surface area contributed by atoms with Crippen molar-refractivity contribution < 1.29 is 14.4 Å². The molecule has 1 saturated heterocycles. The summed E-state index contributed by atoms with van der Waals surface area (Å²) in [6, 6.07) is 8.36. The Morgan fingerprint density at radius 2 is 1.59 bits per heavy atom. The number of carbonyl (C=O) groups excluding carboxylic acids is 3. The first-order valence-corrected chi connectivity index (χ1v) is 9.90. The molecule has 146 valence electrons. The van der Waals surface area contributed by atoms with E-state index < -0.39 is 6.04 Å². The summed E-state index contributed by atoms with van der Waals surface area (Å²) in [5.41, 5.74) is 0.543. The molecule has 27 heavy (non-hydrogen) atoms. The van der Waals surface area contributed by atoms with Crippen molar-refractivity contribution in [1.29, 1.82) is 0 Å². The quantitative estimate of drug-likeness (QED) is 0.802. The van der Waals surface area contributed by atoms with Gasteiger partial charge < -0.3 is 15.5 Å². The fourth-order valence-corrected chi connectivity index (χ4v) is 3.63. The molecule has 1 aliphatic carbocycles. The minimum Gasteiger partial charge on any atom is -0.352 e. The van der Waals surface area contributed by atoms with E-state index >= 15 is 0 Å². The zero-order valence-electron chi connectivity index (χ0n) is 16.1. The highest BCUT2D eigenvalue weighted by Crippen LogP contribution is 2.33. The van der Waals surface area contributed by atoms with Crippen LogP contribution in [0.3, 0.4) is 0 Å². The molecule has 3 rings (SSSR count). The van der Waals surface area contributed by atoms with Crippen molar-refractivity contribution in [2.75, 3.05) is 13.1 Å². The summed E-state index contributed by atoms with van der Waals surface area (Å²) in [4.78, 5) is 39.5. The average Bonchev–Trinajstić information content (AvgIpc) is 3.51. The van der Waals surface area contributed by atoms with Crippen molar-refractivity contribution in [3.63, 3.8) is 0 Å². The first kappa shape index (κ1) is 19.4. The van der Waals surface area contributed by atoms with Gasteiger partial charge in [-0.25, -0.2) is 0 Å². The van der Waals surface area contributed by atoms with Crippen molar-refractivity contribution in [2.45, 2.75) is 51.6 Å². The predicted octanol–water partition coefficient (Wildman–Crippen LogP) is 1.96. The maximum Gasteiger partial charge on any atom is 0.251 e. The van der Waals surface area contributed by atoms with Crippen LogP contribution in [0, 0.1) is 11.8 Å². The van der Waals surface area contributed by atoms with E-state index in [1.54, 1.807) is 24.3 Å². The molecule has 0 unspecified atom stereocenters. The lowest BCUT2D eigenvalue weighted by Gasteiger charge is -2.36. The third kappa shape index (κ3) is 5.08. The van der Waals surface area contributed by atoms with Crippen LogP contribution in [-0.2, 0) is 9.59 Å². The molecular formula is C21H29N3O3. The van der Waals surface area contributed by atoms with Crippen LogP contribution in [0.15, 0.2) is 30.3 Å². The Kier molecular flexibility index (Phi) is 6.14. The van der Waals surface area contributed by atoms with E-state index in [1.807, 2.05) is 24.8 Å². The van der Waals surface area contributed by atoms with Crippen LogP contribution >= 0.6 is 0 Å². The van der Waals surface area contributed by atoms with Gasteiger partial charge in [0.05, 0.1) is 0 Å². The van der Waals surface area contributed by atoms with Gasteiger partial charge in [-0.3, -0.25) is 14.4 Å². The Hall–Kier alpha value is -2.37. The fraction of sp³-hybridized carbons (Fsp3) is 0.571. The minimum absolute atomic E-state index is 0.00478. The topological polar surface area (TPSA) is 78.5 Å². The van der Waals surface area contributed by atoms with Gasteiger partial charge in [-0.1, -0.05) is 18.2 Å². The number of hydrogen-bond acceptors (Lipinski definition) is 3. The summed E-state index contributed by atoms with van der Waals surface area (Å²) >= 11 is 0. The molecule has 6 heteroatoms. The second-order valence-electron chi connectivity index (χ2n) is 7.92. The maximum atomic E-state index is 12.7. The Morgan fingerprint density at radius 3 is 2.15 bits per heavy atom. The number of piperidine rings is 1. The zero-order chi connectivity index (χ0) is 19.4. The molecule has 0 spiro atoms. The van der Waals surface area contributed by atoms with E-state index in [4.69, 9.17) is 0 Å². The minimum atomic E-state index is -0.585. The van der Waals surface area contributed by atoms with Crippen LogP contribution in [0.1, 0.15) is 49.9 Å². The lowest BCUT2D eigenvalue weighted by Crippen LogP contribution is -2.54. The van der Waals surface area contributed by atoms with Gasteiger partial charge in [0.25, 0.3) is 5.91 Å². The number of likely N-dealkylation sites (tertiary alicyclic amines) is 1. The van der Waals surface area contributed by atoms with E-state index in [9.17, 15) is 14.4 Å². The fourth-order valence-electron chi connectivity index (χ4n) is 3.63. The molecule has 0 radical (unpaired) electrons. The SMILES string of the molecule is CC(C)NC(=O)[C@@H](NC(=O)c1ccccc1)C1CCN(C(=O)C2CC2)CC1. The third-order valence-corrected chi connectivity index (χ3v) is 5.29. The molecule has 2 fully saturated rings. The Balaban J connectivity index is 1.65. The van der Waals surface area contributed by atoms with E-state index in [0.29, 0.717) is 18.7 Å². The first-order chi connectivity index (χ1) is 13.0. The molecule has 2 aliphatic rings. The number of hydrogen-bond donors (Lipinski definition) is 2. The smallest absolute Gasteiger partial charge is 0.251 e. The van der Waals surface area contributed by atoms with Crippen LogP contribution in [0.25, 0.3) is 0 Å². The monoisotopic (exact) mass is 371 g/mol. The molecule has 2 N–H and O–H groups in total. The summed E-state index contributed by atoms with van der Waals surface area (Å²) in [5.74, 6) is 0.112. The van der Waals surface area contributed by atoms with Crippen LogP contribution in [-0.4, -0.2) is 47.8 Å². The summed E-state index contributed by atoms with van der Waals surface area (Å²) in [7, 11) is 0.